The molecule has 0 saturated heterocycles. The van der Waals surface area contributed by atoms with Crippen LogP contribution in [0.1, 0.15) is 46.0 Å². The van der Waals surface area contributed by atoms with Crippen molar-refractivity contribution >= 4 is 75.7 Å². The Kier molecular flexibility index (Phi) is 13.4. The van der Waals surface area contributed by atoms with Gasteiger partial charge in [-0.3, -0.25) is 0 Å². The van der Waals surface area contributed by atoms with Gasteiger partial charge in [-0.05, 0) is 115 Å². The fourth-order valence-corrected chi connectivity index (χ4v) is 5.68. The first-order valence-corrected chi connectivity index (χ1v) is 14.7. The number of halogens is 4. The van der Waals surface area contributed by atoms with Crippen molar-refractivity contribution in [3.8, 4) is 23.0 Å². The number of benzene rings is 2. The summed E-state index contributed by atoms with van der Waals surface area (Å²) in [6.45, 7) is 11.5. The number of unbranched alkanes of at least 4 members (excludes halogenated alkanes) is 4. The highest BCUT2D eigenvalue weighted by molar-refractivity contribution is 9.11. The lowest BCUT2D eigenvalue weighted by atomic mass is 10.1. The van der Waals surface area contributed by atoms with Crippen molar-refractivity contribution in [2.24, 2.45) is 0 Å². The molecule has 37 heavy (non-hydrogen) atoms. The number of carbonyl (C=O) groups excluding carboxylic acids is 2. The molecule has 0 unspecified atom stereocenters. The summed E-state index contributed by atoms with van der Waals surface area (Å²) in [4.78, 5) is 23.4. The third-order valence-electron chi connectivity index (χ3n) is 4.84. The molecule has 10 heteroatoms. The highest BCUT2D eigenvalue weighted by atomic mass is 79.9. The van der Waals surface area contributed by atoms with E-state index in [0.717, 1.165) is 32.1 Å². The molecule has 2 rings (SSSR count). The van der Waals surface area contributed by atoms with Gasteiger partial charge in [0.15, 0.2) is 0 Å². The third-order valence-corrected chi connectivity index (χ3v) is 7.20. The van der Waals surface area contributed by atoms with E-state index in [1.807, 2.05) is 0 Å². The van der Waals surface area contributed by atoms with Gasteiger partial charge in [0.05, 0.1) is 31.1 Å². The first kappa shape index (κ1) is 31.6. The summed E-state index contributed by atoms with van der Waals surface area (Å²) in [5.41, 5.74) is 0.662. The normalized spacial score (nSPS) is 10.5. The monoisotopic (exact) mass is 764 g/mol. The molecule has 6 nitrogen and oxygen atoms in total. The van der Waals surface area contributed by atoms with Crippen molar-refractivity contribution < 1.29 is 28.5 Å². The molecular formula is C27H28Br4O6. The van der Waals surface area contributed by atoms with Crippen LogP contribution in [-0.2, 0) is 9.59 Å². The van der Waals surface area contributed by atoms with Crippen molar-refractivity contribution in [2.75, 3.05) is 13.2 Å². The fraction of sp³-hybridized carbons (Fsp3) is 0.333. The van der Waals surface area contributed by atoms with E-state index in [2.05, 4.69) is 76.9 Å². The summed E-state index contributed by atoms with van der Waals surface area (Å²) in [5, 5.41) is 0. The molecule has 0 aliphatic heterocycles. The molecule has 2 aromatic rings. The molecule has 0 spiro atoms. The Morgan fingerprint density at radius 2 is 0.919 bits per heavy atom. The zero-order chi connectivity index (χ0) is 27.5. The van der Waals surface area contributed by atoms with Crippen LogP contribution in [0.3, 0.4) is 0 Å². The predicted molar refractivity (Wildman–Crippen MR) is 159 cm³/mol. The van der Waals surface area contributed by atoms with Gasteiger partial charge in [-0.25, -0.2) is 9.59 Å². The van der Waals surface area contributed by atoms with Gasteiger partial charge in [0.25, 0.3) is 0 Å². The van der Waals surface area contributed by atoms with Crippen molar-refractivity contribution in [2.45, 2.75) is 46.0 Å². The van der Waals surface area contributed by atoms with E-state index < -0.39 is 11.9 Å². The van der Waals surface area contributed by atoms with E-state index in [1.165, 1.54) is 0 Å². The summed E-state index contributed by atoms with van der Waals surface area (Å²) in [7, 11) is 0. The Morgan fingerprint density at radius 1 is 0.622 bits per heavy atom. The molecule has 0 aromatic heterocycles. The highest BCUT2D eigenvalue weighted by Crippen LogP contribution is 2.39. The quantitative estimate of drug-likeness (QED) is 0.0827. The molecular weight excluding hydrogens is 740 g/mol. The molecule has 0 atom stereocenters. The Balaban J connectivity index is 1.68. The molecule has 0 saturated carbocycles. The molecule has 0 aliphatic carbocycles. The van der Waals surface area contributed by atoms with Gasteiger partial charge in [0.1, 0.15) is 23.0 Å². The van der Waals surface area contributed by atoms with Crippen molar-refractivity contribution in [1.29, 1.82) is 0 Å². The first-order chi connectivity index (χ1) is 17.5. The van der Waals surface area contributed by atoms with Crippen LogP contribution in [-0.4, -0.2) is 25.2 Å². The Bertz CT molecular complexity index is 1030. The Hall–Kier alpha value is -1.62. The zero-order valence-electron chi connectivity index (χ0n) is 20.6. The number of carbonyl (C=O) groups is 2. The van der Waals surface area contributed by atoms with Gasteiger partial charge in [-0.1, -0.05) is 32.4 Å². The maximum absolute atomic E-state index is 11.7. The van der Waals surface area contributed by atoms with Crippen LogP contribution in [0.2, 0.25) is 0 Å². The second-order valence-corrected chi connectivity index (χ2v) is 11.7. The van der Waals surface area contributed by atoms with Gasteiger partial charge in [-0.15, -0.1) is 0 Å². The molecule has 0 amide bonds. The van der Waals surface area contributed by atoms with Gasteiger partial charge in [-0.2, -0.15) is 0 Å². The molecule has 0 aliphatic rings. The molecule has 0 heterocycles. The third kappa shape index (κ3) is 10.6. The van der Waals surface area contributed by atoms with E-state index in [-0.39, 0.29) is 0 Å². The minimum Gasteiger partial charge on any atom is -0.491 e. The van der Waals surface area contributed by atoms with Crippen LogP contribution in [0.15, 0.2) is 66.5 Å². The zero-order valence-corrected chi connectivity index (χ0v) is 27.0. The summed E-state index contributed by atoms with van der Waals surface area (Å²) in [6.07, 6.45) is 4.93. The molecule has 200 valence electrons. The number of hydrogen-bond acceptors (Lipinski definition) is 6. The first-order valence-electron chi connectivity index (χ1n) is 11.5. The second-order valence-electron chi connectivity index (χ2n) is 8.24. The average molecular weight is 768 g/mol. The predicted octanol–water partition coefficient (Wildman–Crippen LogP) is 9.11. The number of esters is 2. The second kappa shape index (κ2) is 15.7. The minimum atomic E-state index is -0.474. The van der Waals surface area contributed by atoms with Crippen LogP contribution in [0.5, 0.6) is 23.0 Å². The van der Waals surface area contributed by atoms with E-state index >= 15 is 0 Å². The molecule has 0 fully saturated rings. The number of ether oxygens (including phenoxy) is 4. The van der Waals surface area contributed by atoms with Crippen LogP contribution in [0.4, 0.5) is 0 Å². The smallest absolute Gasteiger partial charge is 0.338 e. The minimum absolute atomic E-state index is 0.331. The lowest BCUT2D eigenvalue weighted by Gasteiger charge is -2.13. The largest absolute Gasteiger partial charge is 0.491 e. The van der Waals surface area contributed by atoms with Crippen LogP contribution < -0.4 is 18.9 Å². The van der Waals surface area contributed by atoms with E-state index in [4.69, 9.17) is 18.9 Å². The maximum Gasteiger partial charge on any atom is 0.338 e. The van der Waals surface area contributed by atoms with Crippen molar-refractivity contribution in [3.05, 3.63) is 66.5 Å². The lowest BCUT2D eigenvalue weighted by Crippen LogP contribution is -2.08. The van der Waals surface area contributed by atoms with Crippen LogP contribution in [0.25, 0.3) is 0 Å². The van der Waals surface area contributed by atoms with E-state index in [0.29, 0.717) is 65.2 Å². The van der Waals surface area contributed by atoms with Gasteiger partial charge in [0.2, 0.25) is 0 Å². The van der Waals surface area contributed by atoms with Gasteiger partial charge < -0.3 is 18.9 Å². The summed E-state index contributed by atoms with van der Waals surface area (Å²) in [6, 6.07) is 6.78. The number of rotatable bonds is 14. The SMILES string of the molecule is C=C(C)C(=O)Oc1cc(Br)c(OCCCCCCCOc2c(Br)cc(OC(=O)C(=C)C)cc2Br)c(Br)c1. The topological polar surface area (TPSA) is 71.1 Å². The molecule has 0 N–H and O–H groups in total. The Morgan fingerprint density at radius 3 is 1.22 bits per heavy atom. The molecule has 0 radical (unpaired) electrons. The summed E-state index contributed by atoms with van der Waals surface area (Å²) in [5.74, 6) is 1.19. The average Bonchev–Trinajstić information content (AvgIpc) is 2.80. The standard InChI is InChI=1S/C27H28Br4O6/c1-16(2)26(32)36-18-12-20(28)24(21(29)13-18)34-10-8-6-5-7-9-11-35-25-22(30)14-19(15-23(25)31)37-27(33)17(3)4/h12-15H,1,3,5-11H2,2,4H3. The van der Waals surface area contributed by atoms with Gasteiger partial charge >= 0.3 is 11.9 Å². The van der Waals surface area contributed by atoms with E-state index in [1.54, 1.807) is 38.1 Å². The summed E-state index contributed by atoms with van der Waals surface area (Å²) < 4.78 is 25.1. The summed E-state index contributed by atoms with van der Waals surface area (Å²) >= 11 is 13.9. The number of hydrogen-bond donors (Lipinski definition) is 0. The van der Waals surface area contributed by atoms with Crippen LogP contribution in [0, 0.1) is 0 Å². The van der Waals surface area contributed by atoms with Crippen molar-refractivity contribution in [1.82, 2.24) is 0 Å². The van der Waals surface area contributed by atoms with Crippen LogP contribution >= 0.6 is 63.7 Å². The maximum atomic E-state index is 11.7. The molecule has 0 bridgehead atoms. The fourth-order valence-electron chi connectivity index (χ4n) is 2.94. The highest BCUT2D eigenvalue weighted by Gasteiger charge is 2.14. The van der Waals surface area contributed by atoms with Crippen molar-refractivity contribution in [3.63, 3.8) is 0 Å². The molecule has 2 aromatic carbocycles. The van der Waals surface area contributed by atoms with Gasteiger partial charge in [0, 0.05) is 11.1 Å². The van der Waals surface area contributed by atoms with E-state index in [9.17, 15) is 9.59 Å². The Labute approximate surface area is 251 Å². The lowest BCUT2D eigenvalue weighted by molar-refractivity contribution is -0.130.